The normalized spacial score (nSPS) is 20.8. The number of anilines is 1. The van der Waals surface area contributed by atoms with Crippen LogP contribution in [0.2, 0.25) is 5.02 Å². The first-order valence-corrected chi connectivity index (χ1v) is 5.26. The average Bonchev–Trinajstić information content (AvgIpc) is 2.17. The van der Waals surface area contributed by atoms with Crippen LogP contribution in [0.3, 0.4) is 0 Å². The molecule has 0 saturated heterocycles. The molecule has 1 aromatic carbocycles. The van der Waals surface area contributed by atoms with Crippen LogP contribution in [0.5, 0.6) is 0 Å². The summed E-state index contributed by atoms with van der Waals surface area (Å²) in [5, 5.41) is 4.17. The lowest BCUT2D eigenvalue weighted by atomic mass is 9.98. The number of hydrogen-bond donors (Lipinski definition) is 1. The molecule has 1 aliphatic rings. The highest BCUT2D eigenvalue weighted by molar-refractivity contribution is 6.33. The van der Waals surface area contributed by atoms with Gasteiger partial charge in [-0.1, -0.05) is 23.7 Å². The maximum Gasteiger partial charge on any atom is 0.0642 e. The molecule has 2 rings (SSSR count). The summed E-state index contributed by atoms with van der Waals surface area (Å²) in [5.41, 5.74) is 2.53. The van der Waals surface area contributed by atoms with Crippen LogP contribution >= 0.6 is 11.6 Å². The molecule has 1 unspecified atom stereocenters. The first-order chi connectivity index (χ1) is 6.72. The summed E-state index contributed by atoms with van der Waals surface area (Å²) in [4.78, 5) is 2.22. The molecule has 0 bridgehead atoms. The Morgan fingerprint density at radius 1 is 1.50 bits per heavy atom. The molecule has 1 heterocycles. The molecule has 76 valence electrons. The Morgan fingerprint density at radius 2 is 2.29 bits per heavy atom. The number of halogens is 1. The zero-order valence-electron chi connectivity index (χ0n) is 8.55. The van der Waals surface area contributed by atoms with E-state index in [9.17, 15) is 0 Å². The van der Waals surface area contributed by atoms with Crippen LogP contribution in [-0.2, 0) is 6.42 Å². The van der Waals surface area contributed by atoms with Crippen LogP contribution in [0, 0.1) is 0 Å². The van der Waals surface area contributed by atoms with Crippen LogP contribution in [0.4, 0.5) is 5.69 Å². The van der Waals surface area contributed by atoms with Crippen molar-refractivity contribution in [3.8, 4) is 0 Å². The average molecular weight is 211 g/mol. The lowest BCUT2D eigenvalue weighted by Gasteiger charge is -2.33. The number of fused-ring (bicyclic) bond motifs is 1. The predicted octanol–water partition coefficient (Wildman–Crippen LogP) is 1.92. The van der Waals surface area contributed by atoms with Crippen molar-refractivity contribution in [2.75, 3.05) is 25.5 Å². The van der Waals surface area contributed by atoms with Gasteiger partial charge in [-0.15, -0.1) is 0 Å². The Balaban J connectivity index is 2.39. The van der Waals surface area contributed by atoms with Gasteiger partial charge in [0.1, 0.15) is 0 Å². The molecule has 1 N–H and O–H groups in total. The maximum absolute atomic E-state index is 6.17. The van der Waals surface area contributed by atoms with Gasteiger partial charge in [0.2, 0.25) is 0 Å². The Bertz CT molecular complexity index is 338. The lowest BCUT2D eigenvalue weighted by Crippen LogP contribution is -2.43. The zero-order chi connectivity index (χ0) is 10.1. The zero-order valence-corrected chi connectivity index (χ0v) is 9.30. The third-order valence-corrected chi connectivity index (χ3v) is 3.13. The monoisotopic (exact) mass is 210 g/mol. The largest absolute Gasteiger partial charge is 0.372 e. The Morgan fingerprint density at radius 3 is 3.00 bits per heavy atom. The molecule has 2 nitrogen and oxygen atoms in total. The summed E-state index contributed by atoms with van der Waals surface area (Å²) >= 11 is 6.17. The van der Waals surface area contributed by atoms with Gasteiger partial charge in [0.15, 0.2) is 0 Å². The third kappa shape index (κ3) is 1.60. The van der Waals surface area contributed by atoms with Crippen LogP contribution in [0.15, 0.2) is 18.2 Å². The van der Waals surface area contributed by atoms with Crippen LogP contribution in [-0.4, -0.2) is 26.7 Å². The minimum absolute atomic E-state index is 0.533. The van der Waals surface area contributed by atoms with Gasteiger partial charge in [0.25, 0.3) is 0 Å². The number of para-hydroxylation sites is 1. The summed E-state index contributed by atoms with van der Waals surface area (Å²) in [6.45, 7) is 1.02. The fraction of sp³-hybridized carbons (Fsp3) is 0.455. The van der Waals surface area contributed by atoms with E-state index < -0.39 is 0 Å². The van der Waals surface area contributed by atoms with Gasteiger partial charge in [0.05, 0.1) is 10.7 Å². The van der Waals surface area contributed by atoms with Gasteiger partial charge in [-0.3, -0.25) is 0 Å². The Kier molecular flexibility index (Phi) is 2.66. The summed E-state index contributed by atoms with van der Waals surface area (Å²) in [5.74, 6) is 0. The molecule has 14 heavy (non-hydrogen) atoms. The molecule has 0 aliphatic carbocycles. The fourth-order valence-electron chi connectivity index (χ4n) is 2.10. The minimum atomic E-state index is 0.533. The molecular formula is C11H15ClN2. The number of nitrogens with one attached hydrogen (secondary N) is 1. The van der Waals surface area contributed by atoms with E-state index in [1.807, 2.05) is 19.2 Å². The summed E-state index contributed by atoms with van der Waals surface area (Å²) in [6, 6.07) is 6.66. The van der Waals surface area contributed by atoms with Crippen LogP contribution in [0.25, 0.3) is 0 Å². The van der Waals surface area contributed by atoms with Crippen molar-refractivity contribution in [3.63, 3.8) is 0 Å². The Hall–Kier alpha value is -0.730. The number of likely N-dealkylation sites (N-methyl/N-ethyl adjacent to an activating group) is 2. The van der Waals surface area contributed by atoms with Crippen molar-refractivity contribution < 1.29 is 0 Å². The van der Waals surface area contributed by atoms with Gasteiger partial charge in [-0.25, -0.2) is 0 Å². The predicted molar refractivity (Wildman–Crippen MR) is 61.3 cm³/mol. The number of benzene rings is 1. The van der Waals surface area contributed by atoms with Gasteiger partial charge < -0.3 is 10.2 Å². The van der Waals surface area contributed by atoms with Gasteiger partial charge in [-0.2, -0.15) is 0 Å². The van der Waals surface area contributed by atoms with E-state index in [1.54, 1.807) is 0 Å². The lowest BCUT2D eigenvalue weighted by molar-refractivity contribution is 0.538. The molecule has 1 atom stereocenters. The van der Waals surface area contributed by atoms with Crippen molar-refractivity contribution in [1.82, 2.24) is 5.32 Å². The van der Waals surface area contributed by atoms with Crippen molar-refractivity contribution in [2.24, 2.45) is 0 Å². The van der Waals surface area contributed by atoms with Gasteiger partial charge >= 0.3 is 0 Å². The second-order valence-electron chi connectivity index (χ2n) is 3.82. The van der Waals surface area contributed by atoms with Crippen LogP contribution < -0.4 is 10.2 Å². The van der Waals surface area contributed by atoms with Crippen molar-refractivity contribution in [1.29, 1.82) is 0 Å². The first kappa shape index (κ1) is 9.81. The molecular weight excluding hydrogens is 196 g/mol. The van der Waals surface area contributed by atoms with Crippen molar-refractivity contribution in [2.45, 2.75) is 12.5 Å². The quantitative estimate of drug-likeness (QED) is 0.762. The standard InChI is InChI=1S/C11H15ClN2/c1-13-9-6-8-4-3-5-10(12)11(8)14(2)7-9/h3-5,9,13H,6-7H2,1-2H3. The van der Waals surface area contributed by atoms with E-state index in [0.717, 1.165) is 18.0 Å². The number of nitrogens with zero attached hydrogens (tertiary/aromatic N) is 1. The Labute approximate surface area is 89.9 Å². The highest BCUT2D eigenvalue weighted by Gasteiger charge is 2.22. The smallest absolute Gasteiger partial charge is 0.0642 e. The molecule has 3 heteroatoms. The topological polar surface area (TPSA) is 15.3 Å². The van der Waals surface area contributed by atoms with E-state index >= 15 is 0 Å². The summed E-state index contributed by atoms with van der Waals surface area (Å²) in [7, 11) is 4.10. The minimum Gasteiger partial charge on any atom is -0.372 e. The summed E-state index contributed by atoms with van der Waals surface area (Å²) in [6.07, 6.45) is 1.07. The van der Waals surface area contributed by atoms with E-state index in [2.05, 4.69) is 23.3 Å². The van der Waals surface area contributed by atoms with E-state index in [-0.39, 0.29) is 0 Å². The molecule has 0 saturated carbocycles. The van der Waals surface area contributed by atoms with Crippen LogP contribution in [0.1, 0.15) is 5.56 Å². The SMILES string of the molecule is CNC1Cc2cccc(Cl)c2N(C)C1. The van der Waals surface area contributed by atoms with Crippen molar-refractivity contribution >= 4 is 17.3 Å². The molecule has 1 aromatic rings. The number of hydrogen-bond acceptors (Lipinski definition) is 2. The highest BCUT2D eigenvalue weighted by atomic mass is 35.5. The highest BCUT2D eigenvalue weighted by Crippen LogP contribution is 2.32. The van der Waals surface area contributed by atoms with Gasteiger partial charge in [0, 0.05) is 19.6 Å². The fourth-order valence-corrected chi connectivity index (χ4v) is 2.44. The second-order valence-corrected chi connectivity index (χ2v) is 4.23. The van der Waals surface area contributed by atoms with E-state index in [4.69, 9.17) is 11.6 Å². The van der Waals surface area contributed by atoms with Gasteiger partial charge in [-0.05, 0) is 25.1 Å². The van der Waals surface area contributed by atoms with Crippen molar-refractivity contribution in [3.05, 3.63) is 28.8 Å². The molecule has 0 fully saturated rings. The molecule has 0 aromatic heterocycles. The number of rotatable bonds is 1. The second kappa shape index (κ2) is 3.79. The summed E-state index contributed by atoms with van der Waals surface area (Å²) < 4.78 is 0. The third-order valence-electron chi connectivity index (χ3n) is 2.82. The molecule has 0 amide bonds. The molecule has 1 aliphatic heterocycles. The van der Waals surface area contributed by atoms with E-state index in [1.165, 1.54) is 11.3 Å². The van der Waals surface area contributed by atoms with E-state index in [0.29, 0.717) is 6.04 Å². The maximum atomic E-state index is 6.17. The molecule has 0 spiro atoms. The molecule has 0 radical (unpaired) electrons. The first-order valence-electron chi connectivity index (χ1n) is 4.88.